The first kappa shape index (κ1) is 21.6. The predicted octanol–water partition coefficient (Wildman–Crippen LogP) is 3.12. The number of carboxylic acid groups (broad SMARTS) is 1. The lowest BCUT2D eigenvalue weighted by atomic mass is 9.89. The van der Waals surface area contributed by atoms with E-state index in [1.54, 1.807) is 4.68 Å². The maximum absolute atomic E-state index is 10.9. The van der Waals surface area contributed by atoms with E-state index in [1.807, 2.05) is 6.21 Å². The zero-order valence-electron chi connectivity index (χ0n) is 17.7. The predicted molar refractivity (Wildman–Crippen MR) is 113 cm³/mol. The Bertz CT molecular complexity index is 878. The Morgan fingerprint density at radius 3 is 2.69 bits per heavy atom. The molecule has 158 valence electrons. The van der Waals surface area contributed by atoms with Gasteiger partial charge in [0.25, 0.3) is 0 Å². The highest BCUT2D eigenvalue weighted by molar-refractivity contribution is 7.99. The fraction of sp³-hybridized carbons (Fsp3) is 0.619. The number of carbonyl (C=O) groups excluding carboxylic acids is 1. The largest absolute Gasteiger partial charge is 0.549 e. The number of hydrogen-bond donors (Lipinski definition) is 0. The highest BCUT2D eigenvalue weighted by Crippen LogP contribution is 2.33. The number of rotatable bonds is 8. The molecule has 0 amide bonds. The number of aryl methyl sites for hydroxylation is 1. The van der Waals surface area contributed by atoms with Crippen LogP contribution >= 0.6 is 11.8 Å². The van der Waals surface area contributed by atoms with Crippen LogP contribution in [0.3, 0.4) is 0 Å². The van der Waals surface area contributed by atoms with Gasteiger partial charge >= 0.3 is 0 Å². The minimum atomic E-state index is -1.12. The molecule has 0 aromatic carbocycles. The third kappa shape index (κ3) is 5.29. The molecule has 7 nitrogen and oxygen atoms in total. The molecule has 0 bridgehead atoms. The van der Waals surface area contributed by atoms with Crippen molar-refractivity contribution in [1.82, 2.24) is 19.4 Å². The van der Waals surface area contributed by atoms with E-state index in [-0.39, 0.29) is 5.75 Å². The van der Waals surface area contributed by atoms with Crippen molar-refractivity contribution in [3.05, 3.63) is 28.8 Å². The SMILES string of the molecule is Cc1cc(/C=N\n2c(SCC(=O)[O-])nnc2C2CCCCC2)c(C)n1CC(C)C. The van der Waals surface area contributed by atoms with Gasteiger partial charge in [0.2, 0.25) is 5.16 Å². The van der Waals surface area contributed by atoms with Gasteiger partial charge in [-0.25, -0.2) is 0 Å². The second kappa shape index (κ2) is 9.61. The Morgan fingerprint density at radius 1 is 1.31 bits per heavy atom. The summed E-state index contributed by atoms with van der Waals surface area (Å²) in [4.78, 5) is 10.9. The molecule has 3 rings (SSSR count). The fourth-order valence-corrected chi connectivity index (χ4v) is 4.55. The summed E-state index contributed by atoms with van der Waals surface area (Å²) in [5, 5.41) is 24.7. The summed E-state index contributed by atoms with van der Waals surface area (Å²) in [6.07, 6.45) is 7.60. The number of hydrogen-bond acceptors (Lipinski definition) is 6. The number of aromatic nitrogens is 4. The van der Waals surface area contributed by atoms with Gasteiger partial charge in [-0.2, -0.15) is 9.78 Å². The summed E-state index contributed by atoms with van der Waals surface area (Å²) >= 11 is 1.10. The molecule has 2 heterocycles. The first-order valence-electron chi connectivity index (χ1n) is 10.4. The van der Waals surface area contributed by atoms with Crippen molar-refractivity contribution in [1.29, 1.82) is 0 Å². The monoisotopic (exact) mass is 416 g/mol. The molecule has 1 aliphatic carbocycles. The van der Waals surface area contributed by atoms with Crippen LogP contribution in [0, 0.1) is 19.8 Å². The van der Waals surface area contributed by atoms with Gasteiger partial charge in [0.05, 0.1) is 12.2 Å². The second-order valence-corrected chi connectivity index (χ2v) is 9.17. The number of thioether (sulfide) groups is 1. The van der Waals surface area contributed by atoms with E-state index in [1.165, 1.54) is 30.7 Å². The molecule has 0 saturated heterocycles. The molecule has 0 N–H and O–H groups in total. The van der Waals surface area contributed by atoms with Crippen LogP contribution in [-0.2, 0) is 11.3 Å². The molecule has 0 atom stereocenters. The zero-order chi connectivity index (χ0) is 21.0. The van der Waals surface area contributed by atoms with E-state index in [9.17, 15) is 9.90 Å². The van der Waals surface area contributed by atoms with Crippen molar-refractivity contribution < 1.29 is 9.90 Å². The molecule has 0 unspecified atom stereocenters. The molecule has 0 radical (unpaired) electrons. The minimum absolute atomic E-state index is 0.165. The Kier molecular flexibility index (Phi) is 7.16. The molecule has 29 heavy (non-hydrogen) atoms. The maximum Gasteiger partial charge on any atom is 0.212 e. The van der Waals surface area contributed by atoms with Crippen LogP contribution in [0.25, 0.3) is 0 Å². The Hall–Kier alpha value is -2.09. The van der Waals surface area contributed by atoms with Crippen molar-refractivity contribution in [3.63, 3.8) is 0 Å². The molecule has 2 aromatic heterocycles. The van der Waals surface area contributed by atoms with E-state index in [2.05, 4.69) is 48.5 Å². The third-order valence-electron chi connectivity index (χ3n) is 5.40. The lowest BCUT2D eigenvalue weighted by molar-refractivity contribution is -0.301. The quantitative estimate of drug-likeness (QED) is 0.487. The van der Waals surface area contributed by atoms with Gasteiger partial charge in [-0.1, -0.05) is 44.9 Å². The van der Waals surface area contributed by atoms with Crippen LogP contribution in [0.5, 0.6) is 0 Å². The van der Waals surface area contributed by atoms with Gasteiger partial charge in [0.15, 0.2) is 5.82 Å². The van der Waals surface area contributed by atoms with Gasteiger partial charge in [-0.05, 0) is 38.7 Å². The first-order valence-corrected chi connectivity index (χ1v) is 11.3. The fourth-order valence-electron chi connectivity index (χ4n) is 3.94. The molecular formula is C21H30N5O2S-. The van der Waals surface area contributed by atoms with E-state index in [0.717, 1.165) is 42.5 Å². The van der Waals surface area contributed by atoms with Crippen LogP contribution in [-0.4, -0.2) is 37.4 Å². The van der Waals surface area contributed by atoms with Crippen LogP contribution in [0.1, 0.15) is 74.6 Å². The van der Waals surface area contributed by atoms with E-state index < -0.39 is 5.97 Å². The van der Waals surface area contributed by atoms with Crippen molar-refractivity contribution in [2.45, 2.75) is 77.4 Å². The average Bonchev–Trinajstić information content (AvgIpc) is 3.20. The van der Waals surface area contributed by atoms with Crippen LogP contribution in [0.2, 0.25) is 0 Å². The second-order valence-electron chi connectivity index (χ2n) is 8.22. The van der Waals surface area contributed by atoms with E-state index >= 15 is 0 Å². The number of aliphatic carboxylic acids is 1. The molecule has 1 saturated carbocycles. The lowest BCUT2D eigenvalue weighted by Gasteiger charge is -2.20. The molecule has 0 spiro atoms. The third-order valence-corrected chi connectivity index (χ3v) is 6.29. The van der Waals surface area contributed by atoms with Gasteiger partial charge in [0.1, 0.15) is 0 Å². The maximum atomic E-state index is 10.9. The van der Waals surface area contributed by atoms with Crippen LogP contribution in [0.15, 0.2) is 16.3 Å². The van der Waals surface area contributed by atoms with E-state index in [4.69, 9.17) is 5.10 Å². The highest BCUT2D eigenvalue weighted by Gasteiger charge is 2.23. The number of carbonyl (C=O) groups is 1. The average molecular weight is 417 g/mol. The van der Waals surface area contributed by atoms with Gasteiger partial charge in [0, 0.05) is 35.2 Å². The van der Waals surface area contributed by atoms with Crippen molar-refractivity contribution in [3.8, 4) is 0 Å². The summed E-state index contributed by atoms with van der Waals surface area (Å²) in [5.74, 6) is 0.427. The normalized spacial score (nSPS) is 15.6. The standard InChI is InChI=1S/C21H31N5O2S/c1-14(2)12-25-15(3)10-18(16(25)4)11-22-26-20(17-8-6-5-7-9-17)23-24-21(26)29-13-19(27)28/h10-11,14,17H,5-9,12-13H2,1-4H3,(H,27,28)/p-1/b22-11-. The lowest BCUT2D eigenvalue weighted by Crippen LogP contribution is -2.24. The highest BCUT2D eigenvalue weighted by atomic mass is 32.2. The van der Waals surface area contributed by atoms with Crippen molar-refractivity contribution in [2.24, 2.45) is 11.0 Å². The summed E-state index contributed by atoms with van der Waals surface area (Å²) in [5.41, 5.74) is 3.44. The zero-order valence-corrected chi connectivity index (χ0v) is 18.5. The number of nitrogens with zero attached hydrogens (tertiary/aromatic N) is 5. The van der Waals surface area contributed by atoms with Gasteiger partial charge < -0.3 is 14.5 Å². The molecule has 1 aliphatic rings. The summed E-state index contributed by atoms with van der Waals surface area (Å²) in [7, 11) is 0. The van der Waals surface area contributed by atoms with Crippen molar-refractivity contribution >= 4 is 23.9 Å². The van der Waals surface area contributed by atoms with Gasteiger partial charge in [-0.15, -0.1) is 10.2 Å². The minimum Gasteiger partial charge on any atom is -0.549 e. The Labute approximate surface area is 176 Å². The Balaban J connectivity index is 1.91. The Morgan fingerprint density at radius 2 is 2.03 bits per heavy atom. The van der Waals surface area contributed by atoms with Crippen molar-refractivity contribution in [2.75, 3.05) is 5.75 Å². The smallest absolute Gasteiger partial charge is 0.212 e. The summed E-state index contributed by atoms with van der Waals surface area (Å²) < 4.78 is 4.05. The topological polar surface area (TPSA) is 88.1 Å². The summed E-state index contributed by atoms with van der Waals surface area (Å²) in [6, 6.07) is 2.14. The van der Waals surface area contributed by atoms with Crippen LogP contribution in [0.4, 0.5) is 0 Å². The molecule has 2 aromatic rings. The molecule has 8 heteroatoms. The first-order chi connectivity index (χ1) is 13.9. The molecule has 1 fully saturated rings. The molecule has 0 aliphatic heterocycles. The van der Waals surface area contributed by atoms with E-state index in [0.29, 0.717) is 17.0 Å². The summed E-state index contributed by atoms with van der Waals surface area (Å²) in [6.45, 7) is 9.61. The van der Waals surface area contributed by atoms with Crippen LogP contribution < -0.4 is 5.11 Å². The number of carboxylic acids is 1. The molecular weight excluding hydrogens is 386 g/mol. The van der Waals surface area contributed by atoms with Gasteiger partial charge in [-0.3, -0.25) is 0 Å².